The second-order valence-corrected chi connectivity index (χ2v) is 5.72. The van der Waals surface area contributed by atoms with E-state index in [1.807, 2.05) is 0 Å². The Balaban J connectivity index is 3.35. The molecule has 0 aliphatic rings. The van der Waals surface area contributed by atoms with Gasteiger partial charge in [0.15, 0.2) is 0 Å². The molecule has 0 fully saturated rings. The lowest BCUT2D eigenvalue weighted by atomic mass is 10.2. The van der Waals surface area contributed by atoms with Crippen molar-refractivity contribution >= 4 is 10.5 Å². The molecule has 0 aliphatic carbocycles. The zero-order chi connectivity index (χ0) is 16.1. The SMILES string of the molecule is CCCCCC=CCC=CCC=CCC=CCCCCO[Si]. The van der Waals surface area contributed by atoms with Gasteiger partial charge in [-0.1, -0.05) is 68.4 Å². The molecule has 0 atom stereocenters. The van der Waals surface area contributed by atoms with E-state index in [4.69, 9.17) is 4.43 Å². The Bertz CT molecular complexity index is 316. The first-order valence-corrected chi connectivity index (χ1v) is 9.21. The lowest BCUT2D eigenvalue weighted by Gasteiger charge is -1.94. The molecule has 3 radical (unpaired) electrons. The van der Waals surface area contributed by atoms with Gasteiger partial charge in [-0.05, 0) is 51.4 Å². The summed E-state index contributed by atoms with van der Waals surface area (Å²) in [6.45, 7) is 3.04. The van der Waals surface area contributed by atoms with E-state index in [1.54, 1.807) is 0 Å². The van der Waals surface area contributed by atoms with Gasteiger partial charge >= 0.3 is 0 Å². The summed E-state index contributed by atoms with van der Waals surface area (Å²) in [5.41, 5.74) is 0. The highest BCUT2D eigenvalue weighted by Crippen LogP contribution is 2.01. The number of allylic oxidation sites excluding steroid dienone is 8. The van der Waals surface area contributed by atoms with Gasteiger partial charge in [0.25, 0.3) is 0 Å². The van der Waals surface area contributed by atoms with Crippen molar-refractivity contribution in [1.29, 1.82) is 0 Å². The molecular formula is C20H33OSi. The van der Waals surface area contributed by atoms with Crippen molar-refractivity contribution in [3.8, 4) is 0 Å². The maximum Gasteiger partial charge on any atom is 0.246 e. The third-order valence-electron chi connectivity index (χ3n) is 3.32. The van der Waals surface area contributed by atoms with Crippen LogP contribution in [0.2, 0.25) is 0 Å². The summed E-state index contributed by atoms with van der Waals surface area (Å²) in [5, 5.41) is 0. The minimum atomic E-state index is 0.797. The number of hydrogen-bond donors (Lipinski definition) is 0. The average Bonchev–Trinajstić information content (AvgIpc) is 2.54. The molecule has 22 heavy (non-hydrogen) atoms. The molecule has 0 unspecified atom stereocenters. The molecule has 0 saturated heterocycles. The Kier molecular flexibility index (Phi) is 19.3. The third-order valence-corrected chi connectivity index (χ3v) is 3.53. The van der Waals surface area contributed by atoms with Crippen molar-refractivity contribution in [1.82, 2.24) is 0 Å². The normalized spacial score (nSPS) is 12.6. The maximum absolute atomic E-state index is 4.83. The quantitative estimate of drug-likeness (QED) is 0.197. The van der Waals surface area contributed by atoms with E-state index in [1.165, 1.54) is 32.1 Å². The van der Waals surface area contributed by atoms with E-state index >= 15 is 0 Å². The zero-order valence-corrected chi connectivity index (χ0v) is 15.3. The predicted octanol–water partition coefficient (Wildman–Crippen LogP) is 6.23. The number of rotatable bonds is 15. The first kappa shape index (κ1) is 21.1. The molecule has 0 aliphatic heterocycles. The molecule has 1 nitrogen and oxygen atoms in total. The fourth-order valence-corrected chi connectivity index (χ4v) is 2.14. The third kappa shape index (κ3) is 19.1. The number of unbranched alkanes of at least 4 members (excludes halogenated alkanes) is 5. The summed E-state index contributed by atoms with van der Waals surface area (Å²) in [7, 11) is 3.01. The van der Waals surface area contributed by atoms with Gasteiger partial charge in [-0.15, -0.1) is 0 Å². The number of hydrogen-bond acceptors (Lipinski definition) is 1. The van der Waals surface area contributed by atoms with Crippen LogP contribution in [0.15, 0.2) is 48.6 Å². The molecule has 2 heteroatoms. The Morgan fingerprint density at radius 2 is 1.09 bits per heavy atom. The van der Waals surface area contributed by atoms with E-state index in [0.717, 1.165) is 38.7 Å². The second-order valence-electron chi connectivity index (χ2n) is 5.43. The van der Waals surface area contributed by atoms with Crippen molar-refractivity contribution in [3.63, 3.8) is 0 Å². The predicted molar refractivity (Wildman–Crippen MR) is 100 cm³/mol. The first-order valence-electron chi connectivity index (χ1n) is 8.80. The van der Waals surface area contributed by atoms with E-state index in [9.17, 15) is 0 Å². The van der Waals surface area contributed by atoms with Gasteiger partial charge in [0, 0.05) is 6.61 Å². The Hall–Kier alpha value is -0.863. The second kappa shape index (κ2) is 20.1. The largest absolute Gasteiger partial charge is 0.419 e. The van der Waals surface area contributed by atoms with Crippen molar-refractivity contribution in [2.75, 3.05) is 6.61 Å². The molecule has 123 valence electrons. The van der Waals surface area contributed by atoms with Crippen molar-refractivity contribution in [2.45, 2.75) is 71.1 Å². The van der Waals surface area contributed by atoms with E-state index in [0.29, 0.717) is 0 Å². The van der Waals surface area contributed by atoms with Crippen LogP contribution in [0.5, 0.6) is 0 Å². The fraction of sp³-hybridized carbons (Fsp3) is 0.600. The van der Waals surface area contributed by atoms with Crippen LogP contribution in [0, 0.1) is 0 Å². The van der Waals surface area contributed by atoms with Crippen LogP contribution < -0.4 is 0 Å². The van der Waals surface area contributed by atoms with Crippen molar-refractivity contribution < 1.29 is 4.43 Å². The summed E-state index contributed by atoms with van der Waals surface area (Å²) in [4.78, 5) is 0. The highest BCUT2D eigenvalue weighted by molar-refractivity contribution is 5.97. The van der Waals surface area contributed by atoms with Crippen LogP contribution in [0.1, 0.15) is 71.1 Å². The monoisotopic (exact) mass is 317 g/mol. The average molecular weight is 318 g/mol. The zero-order valence-electron chi connectivity index (χ0n) is 14.3. The minimum absolute atomic E-state index is 0.797. The van der Waals surface area contributed by atoms with Gasteiger partial charge < -0.3 is 4.43 Å². The minimum Gasteiger partial charge on any atom is -0.419 e. The Labute approximate surface area is 141 Å². The van der Waals surface area contributed by atoms with Crippen LogP contribution in [0.25, 0.3) is 0 Å². The van der Waals surface area contributed by atoms with Crippen LogP contribution >= 0.6 is 0 Å². The molecule has 0 aromatic carbocycles. The summed E-state index contributed by atoms with van der Waals surface area (Å²) in [6.07, 6.45) is 29.9. The molecule has 0 aromatic rings. The summed E-state index contributed by atoms with van der Waals surface area (Å²) >= 11 is 0. The summed E-state index contributed by atoms with van der Waals surface area (Å²) < 4.78 is 4.83. The van der Waals surface area contributed by atoms with Crippen LogP contribution in [0.4, 0.5) is 0 Å². The van der Waals surface area contributed by atoms with E-state index < -0.39 is 0 Å². The highest BCUT2D eigenvalue weighted by Gasteiger charge is 1.83. The lowest BCUT2D eigenvalue weighted by molar-refractivity contribution is 0.337. The Morgan fingerprint density at radius 1 is 0.636 bits per heavy atom. The van der Waals surface area contributed by atoms with Crippen LogP contribution in [-0.2, 0) is 4.43 Å². The van der Waals surface area contributed by atoms with Crippen LogP contribution in [0.3, 0.4) is 0 Å². The standard InChI is InChI=1S/C20H33OSi/c1-2-3-4-5-6-7-8-9-10-11-12-13-14-15-16-17-18-19-20-21-22/h6-7,9-10,12-13,15-16H,2-5,8,11,14,17-20H2,1H3. The Morgan fingerprint density at radius 3 is 1.55 bits per heavy atom. The van der Waals surface area contributed by atoms with Gasteiger partial charge in [0.05, 0.1) is 0 Å². The molecule has 0 aromatic heterocycles. The molecule has 0 bridgehead atoms. The smallest absolute Gasteiger partial charge is 0.246 e. The maximum atomic E-state index is 4.83. The lowest BCUT2D eigenvalue weighted by Crippen LogP contribution is -1.88. The fourth-order valence-electron chi connectivity index (χ4n) is 2.00. The summed E-state index contributed by atoms with van der Waals surface area (Å²) in [6, 6.07) is 0. The van der Waals surface area contributed by atoms with E-state index in [-0.39, 0.29) is 0 Å². The van der Waals surface area contributed by atoms with Crippen LogP contribution in [-0.4, -0.2) is 17.1 Å². The van der Waals surface area contributed by atoms with Gasteiger partial charge in [-0.25, -0.2) is 0 Å². The highest BCUT2D eigenvalue weighted by atomic mass is 28.2. The van der Waals surface area contributed by atoms with Gasteiger partial charge in [0.2, 0.25) is 10.5 Å². The molecule has 0 N–H and O–H groups in total. The molecule has 0 saturated carbocycles. The van der Waals surface area contributed by atoms with Gasteiger partial charge in [-0.2, -0.15) is 0 Å². The molecule has 0 rings (SSSR count). The van der Waals surface area contributed by atoms with Gasteiger partial charge in [0.1, 0.15) is 0 Å². The topological polar surface area (TPSA) is 9.23 Å². The first-order chi connectivity index (χ1) is 10.9. The molecule has 0 heterocycles. The van der Waals surface area contributed by atoms with Crippen molar-refractivity contribution in [3.05, 3.63) is 48.6 Å². The molecular weight excluding hydrogens is 284 g/mol. The molecule has 0 amide bonds. The van der Waals surface area contributed by atoms with Crippen molar-refractivity contribution in [2.24, 2.45) is 0 Å². The van der Waals surface area contributed by atoms with Gasteiger partial charge in [-0.3, -0.25) is 0 Å². The summed E-state index contributed by atoms with van der Waals surface area (Å²) in [5.74, 6) is 0. The van der Waals surface area contributed by atoms with E-state index in [2.05, 4.69) is 66.0 Å². The molecule has 0 spiro atoms.